The Bertz CT molecular complexity index is 645. The van der Waals surface area contributed by atoms with Crippen LogP contribution in [0.3, 0.4) is 0 Å². The van der Waals surface area contributed by atoms with E-state index in [1.54, 1.807) is 12.1 Å². The smallest absolute Gasteiger partial charge is 0.273 e. The molecule has 2 rings (SSSR count). The lowest BCUT2D eigenvalue weighted by Crippen LogP contribution is -1.96. The van der Waals surface area contributed by atoms with Crippen LogP contribution < -0.4 is 4.74 Å². The van der Waals surface area contributed by atoms with Gasteiger partial charge < -0.3 is 4.74 Å². The van der Waals surface area contributed by atoms with Crippen LogP contribution in [0.2, 0.25) is 0 Å². The highest BCUT2D eigenvalue weighted by molar-refractivity contribution is 5.38. The van der Waals surface area contributed by atoms with E-state index >= 15 is 0 Å². The maximum absolute atomic E-state index is 10.7. The first-order valence-electron chi connectivity index (χ1n) is 6.01. The van der Waals surface area contributed by atoms with Gasteiger partial charge in [0, 0.05) is 6.07 Å². The van der Waals surface area contributed by atoms with Gasteiger partial charge >= 0.3 is 0 Å². The normalized spacial score (nSPS) is 9.75. The van der Waals surface area contributed by atoms with E-state index in [0.29, 0.717) is 18.8 Å². The molecule has 2 aromatic carbocycles. The first kappa shape index (κ1) is 13.6. The number of nitro benzene ring substituents is 1. The van der Waals surface area contributed by atoms with Crippen molar-refractivity contribution in [1.82, 2.24) is 0 Å². The van der Waals surface area contributed by atoms with Gasteiger partial charge in [0.15, 0.2) is 0 Å². The average Bonchev–Trinajstić information content (AvgIpc) is 2.47. The van der Waals surface area contributed by atoms with Crippen LogP contribution in [0.15, 0.2) is 48.5 Å². The molecule has 0 N–H and O–H groups in total. The van der Waals surface area contributed by atoms with E-state index in [9.17, 15) is 10.1 Å². The molecule has 100 valence electrons. The Hall–Kier alpha value is -2.87. The number of ether oxygens (including phenoxy) is 1. The first-order valence-corrected chi connectivity index (χ1v) is 6.01. The minimum absolute atomic E-state index is 0.00636. The molecule has 0 aliphatic carbocycles. The van der Waals surface area contributed by atoms with E-state index in [0.717, 1.165) is 11.1 Å². The number of hydrogen-bond donors (Lipinski definition) is 0. The zero-order valence-electron chi connectivity index (χ0n) is 10.7. The monoisotopic (exact) mass is 268 g/mol. The van der Waals surface area contributed by atoms with Gasteiger partial charge in [0.1, 0.15) is 12.4 Å². The summed E-state index contributed by atoms with van der Waals surface area (Å²) >= 11 is 0. The molecule has 0 unspecified atom stereocenters. The van der Waals surface area contributed by atoms with E-state index < -0.39 is 4.92 Å². The Kier molecular flexibility index (Phi) is 4.30. The lowest BCUT2D eigenvalue weighted by molar-refractivity contribution is -0.384. The number of nitro groups is 1. The van der Waals surface area contributed by atoms with Gasteiger partial charge in [0.25, 0.3) is 5.69 Å². The molecule has 0 heterocycles. The summed E-state index contributed by atoms with van der Waals surface area (Å²) in [4.78, 5) is 10.2. The van der Waals surface area contributed by atoms with Gasteiger partial charge in [-0.1, -0.05) is 30.3 Å². The average molecular weight is 268 g/mol. The zero-order valence-corrected chi connectivity index (χ0v) is 10.7. The number of non-ortho nitro benzene ring substituents is 1. The third kappa shape index (κ3) is 3.56. The van der Waals surface area contributed by atoms with Gasteiger partial charge in [-0.3, -0.25) is 10.1 Å². The predicted molar refractivity (Wildman–Crippen MR) is 73.2 cm³/mol. The highest BCUT2D eigenvalue weighted by Crippen LogP contribution is 2.20. The van der Waals surface area contributed by atoms with Crippen molar-refractivity contribution in [3.05, 3.63) is 69.8 Å². The molecule has 0 fully saturated rings. The lowest BCUT2D eigenvalue weighted by atomic mass is 10.1. The third-order valence-corrected chi connectivity index (χ3v) is 2.74. The minimum Gasteiger partial charge on any atom is -0.489 e. The molecule has 0 amide bonds. The molecule has 20 heavy (non-hydrogen) atoms. The van der Waals surface area contributed by atoms with Gasteiger partial charge in [-0.2, -0.15) is 5.26 Å². The summed E-state index contributed by atoms with van der Waals surface area (Å²) in [6, 6.07) is 15.7. The van der Waals surface area contributed by atoms with Crippen LogP contribution in [0, 0.1) is 21.4 Å². The summed E-state index contributed by atoms with van der Waals surface area (Å²) in [5.74, 6) is 0.459. The van der Waals surface area contributed by atoms with Crippen LogP contribution in [-0.2, 0) is 13.0 Å². The van der Waals surface area contributed by atoms with Crippen molar-refractivity contribution in [3.8, 4) is 11.8 Å². The maximum atomic E-state index is 10.7. The second-order valence-corrected chi connectivity index (χ2v) is 4.19. The summed E-state index contributed by atoms with van der Waals surface area (Å²) < 4.78 is 5.51. The second kappa shape index (κ2) is 6.34. The molecule has 2 aromatic rings. The molecule has 0 aliphatic rings. The molecule has 0 radical (unpaired) electrons. The van der Waals surface area contributed by atoms with Crippen LogP contribution in [0.4, 0.5) is 5.69 Å². The molecule has 5 heteroatoms. The van der Waals surface area contributed by atoms with Crippen LogP contribution in [0.5, 0.6) is 5.75 Å². The lowest BCUT2D eigenvalue weighted by Gasteiger charge is -2.06. The molecule has 0 bridgehead atoms. The van der Waals surface area contributed by atoms with Crippen molar-refractivity contribution in [3.63, 3.8) is 0 Å². The Morgan fingerprint density at radius 1 is 1.15 bits per heavy atom. The number of hydrogen-bond acceptors (Lipinski definition) is 4. The molecule has 0 saturated heterocycles. The number of nitrogens with zero attached hydrogens (tertiary/aromatic N) is 2. The molecule has 0 saturated carbocycles. The Morgan fingerprint density at radius 3 is 2.50 bits per heavy atom. The highest BCUT2D eigenvalue weighted by atomic mass is 16.6. The summed E-state index contributed by atoms with van der Waals surface area (Å²) in [5, 5.41) is 19.2. The zero-order chi connectivity index (χ0) is 14.4. The largest absolute Gasteiger partial charge is 0.489 e. The molecule has 0 spiro atoms. The number of nitriles is 1. The third-order valence-electron chi connectivity index (χ3n) is 2.74. The van der Waals surface area contributed by atoms with E-state index in [2.05, 4.69) is 6.07 Å². The van der Waals surface area contributed by atoms with Crippen LogP contribution in [-0.4, -0.2) is 4.92 Å². The standard InChI is InChI=1S/C15H12N2O3/c16-9-8-12-4-6-13(7-5-12)11-20-15-3-1-2-14(10-15)17(18)19/h1-7,10H,8,11H2. The fourth-order valence-electron chi connectivity index (χ4n) is 1.70. The minimum atomic E-state index is -0.455. The molecule has 0 aliphatic heterocycles. The molecular formula is C15H12N2O3. The van der Waals surface area contributed by atoms with Gasteiger partial charge in [-0.25, -0.2) is 0 Å². The Labute approximate surface area is 116 Å². The molecule has 5 nitrogen and oxygen atoms in total. The van der Waals surface area contributed by atoms with Crippen molar-refractivity contribution in [1.29, 1.82) is 5.26 Å². The Morgan fingerprint density at radius 2 is 1.85 bits per heavy atom. The summed E-state index contributed by atoms with van der Waals surface area (Å²) in [6.45, 7) is 0.327. The van der Waals surface area contributed by atoms with Crippen molar-refractivity contribution >= 4 is 5.69 Å². The van der Waals surface area contributed by atoms with Crippen LogP contribution in [0.25, 0.3) is 0 Å². The first-order chi connectivity index (χ1) is 9.69. The summed E-state index contributed by atoms with van der Waals surface area (Å²) in [7, 11) is 0. The van der Waals surface area contributed by atoms with Crippen molar-refractivity contribution in [2.24, 2.45) is 0 Å². The van der Waals surface area contributed by atoms with Gasteiger partial charge in [0.2, 0.25) is 0 Å². The van der Waals surface area contributed by atoms with E-state index in [1.165, 1.54) is 12.1 Å². The quantitative estimate of drug-likeness (QED) is 0.616. The molecule has 0 aromatic heterocycles. The number of rotatable bonds is 5. The fourth-order valence-corrected chi connectivity index (χ4v) is 1.70. The van der Waals surface area contributed by atoms with E-state index in [1.807, 2.05) is 24.3 Å². The summed E-state index contributed by atoms with van der Waals surface area (Å²) in [5.41, 5.74) is 1.90. The highest BCUT2D eigenvalue weighted by Gasteiger charge is 2.06. The van der Waals surface area contributed by atoms with Crippen molar-refractivity contribution in [2.75, 3.05) is 0 Å². The Balaban J connectivity index is 2.00. The van der Waals surface area contributed by atoms with Crippen LogP contribution in [0.1, 0.15) is 11.1 Å². The molecular weight excluding hydrogens is 256 g/mol. The van der Waals surface area contributed by atoms with Gasteiger partial charge in [-0.05, 0) is 17.2 Å². The van der Waals surface area contributed by atoms with E-state index in [4.69, 9.17) is 10.00 Å². The molecule has 0 atom stereocenters. The topological polar surface area (TPSA) is 76.2 Å². The number of benzene rings is 2. The van der Waals surface area contributed by atoms with Crippen LogP contribution >= 0.6 is 0 Å². The predicted octanol–water partition coefficient (Wildman–Crippen LogP) is 3.24. The maximum Gasteiger partial charge on any atom is 0.273 e. The van der Waals surface area contributed by atoms with E-state index in [-0.39, 0.29) is 5.69 Å². The SMILES string of the molecule is N#CCc1ccc(COc2cccc([N+](=O)[O-])c2)cc1. The van der Waals surface area contributed by atoms with Crippen molar-refractivity contribution in [2.45, 2.75) is 13.0 Å². The second-order valence-electron chi connectivity index (χ2n) is 4.19. The van der Waals surface area contributed by atoms with Gasteiger partial charge in [-0.15, -0.1) is 0 Å². The summed E-state index contributed by atoms with van der Waals surface area (Å²) in [6.07, 6.45) is 0.381. The van der Waals surface area contributed by atoms with Gasteiger partial charge in [0.05, 0.1) is 23.5 Å². The van der Waals surface area contributed by atoms with Crippen molar-refractivity contribution < 1.29 is 9.66 Å². The fraction of sp³-hybridized carbons (Fsp3) is 0.133.